The van der Waals surface area contributed by atoms with Gasteiger partial charge < -0.3 is 9.97 Å². The Hall–Kier alpha value is -2.05. The minimum atomic E-state index is -0.674. The molecule has 0 spiro atoms. The maximum Gasteiger partial charge on any atom is 0.313 e. The summed E-state index contributed by atoms with van der Waals surface area (Å²) >= 11 is 7.22. The average Bonchev–Trinajstić information content (AvgIpc) is 2.52. The van der Waals surface area contributed by atoms with Crippen molar-refractivity contribution in [1.29, 1.82) is 0 Å². The lowest BCUT2D eigenvalue weighted by Crippen LogP contribution is -2.29. The van der Waals surface area contributed by atoms with Crippen LogP contribution >= 0.6 is 23.4 Å². The normalized spacial score (nSPS) is 11.0. The van der Waals surface area contributed by atoms with Gasteiger partial charge in [-0.25, -0.2) is 4.39 Å². The smallest absolute Gasteiger partial charge is 0.313 e. The van der Waals surface area contributed by atoms with Gasteiger partial charge in [0.15, 0.2) is 0 Å². The molecule has 0 saturated heterocycles. The van der Waals surface area contributed by atoms with Crippen LogP contribution in [-0.2, 0) is 5.75 Å². The molecule has 0 atom stereocenters. The van der Waals surface area contributed by atoms with E-state index in [1.165, 1.54) is 24.0 Å². The predicted octanol–water partition coefficient (Wildman–Crippen LogP) is 3.30. The molecular formula is C15H10ClFN2O2S. The highest BCUT2D eigenvalue weighted by molar-refractivity contribution is 7.98. The van der Waals surface area contributed by atoms with Crippen molar-refractivity contribution in [1.82, 2.24) is 9.97 Å². The molecule has 2 aromatic carbocycles. The first-order chi connectivity index (χ1) is 10.5. The average molecular weight is 337 g/mol. The fourth-order valence-electron chi connectivity index (χ4n) is 2.03. The molecule has 0 aliphatic rings. The summed E-state index contributed by atoms with van der Waals surface area (Å²) < 4.78 is 13.9. The lowest BCUT2D eigenvalue weighted by atomic mass is 10.1. The molecule has 1 aromatic heterocycles. The molecule has 3 aromatic rings. The third-order valence-electron chi connectivity index (χ3n) is 3.13. The molecular weight excluding hydrogens is 327 g/mol. The molecule has 0 unspecified atom stereocenters. The van der Waals surface area contributed by atoms with Crippen molar-refractivity contribution in [3.05, 3.63) is 73.8 Å². The summed E-state index contributed by atoms with van der Waals surface area (Å²) in [5, 5.41) is 1.31. The van der Waals surface area contributed by atoms with Crippen LogP contribution in [0, 0.1) is 5.82 Å². The molecule has 0 saturated carbocycles. The highest BCUT2D eigenvalue weighted by atomic mass is 35.5. The zero-order valence-electron chi connectivity index (χ0n) is 11.2. The quantitative estimate of drug-likeness (QED) is 0.569. The van der Waals surface area contributed by atoms with Gasteiger partial charge in [-0.05, 0) is 23.6 Å². The fourth-order valence-corrected chi connectivity index (χ4v) is 3.05. The lowest BCUT2D eigenvalue weighted by Gasteiger charge is -2.05. The van der Waals surface area contributed by atoms with Crippen LogP contribution in [0.25, 0.3) is 10.8 Å². The summed E-state index contributed by atoms with van der Waals surface area (Å²) in [5.41, 5.74) is -0.739. The highest BCUT2D eigenvalue weighted by Crippen LogP contribution is 2.29. The van der Waals surface area contributed by atoms with E-state index < -0.39 is 16.9 Å². The summed E-state index contributed by atoms with van der Waals surface area (Å²) in [6.45, 7) is 0. The first kappa shape index (κ1) is 14.9. The van der Waals surface area contributed by atoms with Gasteiger partial charge in [0.05, 0.1) is 5.02 Å². The van der Waals surface area contributed by atoms with Crippen molar-refractivity contribution in [3.8, 4) is 0 Å². The van der Waals surface area contributed by atoms with E-state index in [1.54, 1.807) is 18.2 Å². The molecule has 0 bridgehead atoms. The molecule has 0 aliphatic carbocycles. The third kappa shape index (κ3) is 2.93. The molecule has 2 N–H and O–H groups in total. The van der Waals surface area contributed by atoms with Crippen LogP contribution in [0.15, 0.2) is 51.0 Å². The molecule has 3 rings (SSSR count). The molecule has 0 radical (unpaired) electrons. The molecule has 22 heavy (non-hydrogen) atoms. The Balaban J connectivity index is 1.85. The van der Waals surface area contributed by atoms with Crippen molar-refractivity contribution in [3.63, 3.8) is 0 Å². The number of halogens is 2. The second-order valence-electron chi connectivity index (χ2n) is 4.63. The van der Waals surface area contributed by atoms with Gasteiger partial charge in [-0.2, -0.15) is 0 Å². The van der Waals surface area contributed by atoms with Gasteiger partial charge in [-0.15, -0.1) is 11.8 Å². The van der Waals surface area contributed by atoms with Crippen molar-refractivity contribution in [2.45, 2.75) is 10.6 Å². The van der Waals surface area contributed by atoms with Crippen LogP contribution in [-0.4, -0.2) is 9.97 Å². The fraction of sp³-hybridized carbons (Fsp3) is 0.0667. The van der Waals surface area contributed by atoms with E-state index in [1.807, 2.05) is 6.07 Å². The monoisotopic (exact) mass is 336 g/mol. The second kappa shape index (κ2) is 5.98. The zero-order valence-corrected chi connectivity index (χ0v) is 12.7. The van der Waals surface area contributed by atoms with E-state index in [0.717, 1.165) is 10.3 Å². The van der Waals surface area contributed by atoms with Crippen LogP contribution in [0.3, 0.4) is 0 Å². The summed E-state index contributed by atoms with van der Waals surface area (Å²) in [6, 6.07) is 8.59. The number of aromatic nitrogens is 2. The number of hydrogen-bond acceptors (Lipinski definition) is 3. The minimum absolute atomic E-state index is 0.0960. The zero-order chi connectivity index (χ0) is 15.7. The number of rotatable bonds is 3. The predicted molar refractivity (Wildman–Crippen MR) is 86.2 cm³/mol. The van der Waals surface area contributed by atoms with Gasteiger partial charge in [-0.3, -0.25) is 9.59 Å². The topological polar surface area (TPSA) is 65.7 Å². The summed E-state index contributed by atoms with van der Waals surface area (Å²) in [5.74, 6) is 0.0498. The molecule has 0 aliphatic heterocycles. The maximum atomic E-state index is 13.9. The Bertz CT molecular complexity index is 968. The van der Waals surface area contributed by atoms with Gasteiger partial charge in [0.1, 0.15) is 5.82 Å². The number of thioether (sulfide) groups is 1. The number of hydrogen-bond donors (Lipinski definition) is 2. The van der Waals surface area contributed by atoms with Crippen molar-refractivity contribution < 1.29 is 4.39 Å². The lowest BCUT2D eigenvalue weighted by molar-refractivity contribution is 0.640. The first-order valence-electron chi connectivity index (χ1n) is 6.36. The third-order valence-corrected chi connectivity index (χ3v) is 4.47. The SMILES string of the molecule is O=c1[nH]cc(CSc2ccc3c(F)c(Cl)ccc3c2)[nH]c1=O. The van der Waals surface area contributed by atoms with Gasteiger partial charge in [0, 0.05) is 27.9 Å². The van der Waals surface area contributed by atoms with Crippen LogP contribution in [0.1, 0.15) is 5.69 Å². The number of H-pyrrole nitrogens is 2. The molecule has 7 heteroatoms. The first-order valence-corrected chi connectivity index (χ1v) is 7.72. The van der Waals surface area contributed by atoms with Crippen LogP contribution < -0.4 is 11.1 Å². The van der Waals surface area contributed by atoms with E-state index in [2.05, 4.69) is 9.97 Å². The highest BCUT2D eigenvalue weighted by Gasteiger charge is 2.07. The van der Waals surface area contributed by atoms with E-state index in [9.17, 15) is 14.0 Å². The van der Waals surface area contributed by atoms with Crippen molar-refractivity contribution >= 4 is 34.1 Å². The summed E-state index contributed by atoms with van der Waals surface area (Å²) in [4.78, 5) is 28.0. The van der Waals surface area contributed by atoms with Crippen LogP contribution in [0.2, 0.25) is 5.02 Å². The molecule has 112 valence electrons. The number of nitrogens with one attached hydrogen (secondary N) is 2. The standard InChI is InChI=1S/C15H10ClFN2O2S/c16-12-4-1-8-5-10(2-3-11(8)13(12)17)22-7-9-6-18-14(20)15(21)19-9/h1-6H,7H2,(H,18,20)(H,19,21). The van der Waals surface area contributed by atoms with Gasteiger partial charge in [0.2, 0.25) is 0 Å². The number of aromatic amines is 2. The summed E-state index contributed by atoms with van der Waals surface area (Å²) in [7, 11) is 0. The Morgan fingerprint density at radius 3 is 2.73 bits per heavy atom. The van der Waals surface area contributed by atoms with Crippen molar-refractivity contribution in [2.24, 2.45) is 0 Å². The number of fused-ring (bicyclic) bond motifs is 1. The van der Waals surface area contributed by atoms with Gasteiger partial charge >= 0.3 is 11.1 Å². The molecule has 0 amide bonds. The molecule has 0 fully saturated rings. The Kier molecular flexibility index (Phi) is 4.04. The molecule has 4 nitrogen and oxygen atoms in total. The largest absolute Gasteiger partial charge is 0.323 e. The van der Waals surface area contributed by atoms with Crippen LogP contribution in [0.4, 0.5) is 4.39 Å². The van der Waals surface area contributed by atoms with Crippen molar-refractivity contribution in [2.75, 3.05) is 0 Å². The maximum absolute atomic E-state index is 13.9. The minimum Gasteiger partial charge on any atom is -0.323 e. The summed E-state index contributed by atoms with van der Waals surface area (Å²) in [6.07, 6.45) is 1.47. The Morgan fingerprint density at radius 1 is 1.14 bits per heavy atom. The van der Waals surface area contributed by atoms with E-state index in [4.69, 9.17) is 11.6 Å². The van der Waals surface area contributed by atoms with Crippen LogP contribution in [0.5, 0.6) is 0 Å². The molecule has 1 heterocycles. The van der Waals surface area contributed by atoms with Gasteiger partial charge in [-0.1, -0.05) is 23.7 Å². The second-order valence-corrected chi connectivity index (χ2v) is 6.09. The van der Waals surface area contributed by atoms with Gasteiger partial charge in [0.25, 0.3) is 0 Å². The van der Waals surface area contributed by atoms with E-state index >= 15 is 0 Å². The Labute approximate surface area is 133 Å². The number of benzene rings is 2. The Morgan fingerprint density at radius 2 is 1.95 bits per heavy atom. The van der Waals surface area contributed by atoms with E-state index in [-0.39, 0.29) is 5.02 Å². The van der Waals surface area contributed by atoms with E-state index in [0.29, 0.717) is 16.8 Å².